The third-order valence-electron chi connectivity index (χ3n) is 2.88. The van der Waals surface area contributed by atoms with Gasteiger partial charge in [-0.15, -0.1) is 0 Å². The molecule has 122 valence electrons. The molecule has 0 fully saturated rings. The number of hydrogen-bond acceptors (Lipinski definition) is 3. The Hall–Kier alpha value is -1.20. The molecule has 0 radical (unpaired) electrons. The molecule has 2 rings (SSSR count). The zero-order valence-electron chi connectivity index (χ0n) is 12.0. The van der Waals surface area contributed by atoms with E-state index in [-0.39, 0.29) is 32.5 Å². The van der Waals surface area contributed by atoms with Gasteiger partial charge in [0, 0.05) is 0 Å². The quantitative estimate of drug-likeness (QED) is 0.585. The van der Waals surface area contributed by atoms with Crippen LogP contribution in [0.15, 0.2) is 24.3 Å². The summed E-state index contributed by atoms with van der Waals surface area (Å²) in [5.74, 6) is 0.210. The molecule has 0 saturated heterocycles. The second-order valence-corrected chi connectivity index (χ2v) is 6.10. The Morgan fingerprint density at radius 1 is 1.09 bits per heavy atom. The van der Waals surface area contributed by atoms with Crippen LogP contribution >= 0.6 is 46.4 Å². The lowest BCUT2D eigenvalue weighted by atomic mass is 10.2. The molecule has 0 spiro atoms. The van der Waals surface area contributed by atoms with E-state index >= 15 is 0 Å². The Kier molecular flexibility index (Phi) is 6.36. The van der Waals surface area contributed by atoms with Crippen molar-refractivity contribution in [1.82, 2.24) is 10.3 Å². The summed E-state index contributed by atoms with van der Waals surface area (Å²) in [6.07, 6.45) is 0. The van der Waals surface area contributed by atoms with Crippen molar-refractivity contribution in [2.24, 2.45) is 0 Å². The second-order valence-electron chi connectivity index (χ2n) is 4.61. The van der Waals surface area contributed by atoms with Crippen LogP contribution in [-0.4, -0.2) is 24.0 Å². The van der Waals surface area contributed by atoms with Crippen molar-refractivity contribution < 1.29 is 9.53 Å². The third-order valence-corrected chi connectivity index (χ3v) is 4.55. The van der Waals surface area contributed by atoms with Gasteiger partial charge >= 0.3 is 0 Å². The number of nitrogens with zero attached hydrogens (tertiary/aromatic N) is 1. The minimum absolute atomic E-state index is 0.00520. The maximum atomic E-state index is 12.1. The van der Waals surface area contributed by atoms with Gasteiger partial charge < -0.3 is 10.1 Å². The number of amides is 1. The van der Waals surface area contributed by atoms with E-state index in [2.05, 4.69) is 10.3 Å². The molecule has 0 bridgehead atoms. The van der Waals surface area contributed by atoms with Crippen molar-refractivity contribution in [2.45, 2.75) is 6.92 Å². The molecule has 1 aromatic carbocycles. The molecule has 4 nitrogen and oxygen atoms in total. The zero-order chi connectivity index (χ0) is 17.0. The number of carbonyl (C=O) groups is 1. The van der Waals surface area contributed by atoms with Crippen LogP contribution in [0.5, 0.6) is 5.75 Å². The fourth-order valence-electron chi connectivity index (χ4n) is 1.69. The molecule has 2 aromatic rings. The highest BCUT2D eigenvalue weighted by atomic mass is 35.5. The van der Waals surface area contributed by atoms with Gasteiger partial charge in [-0.1, -0.05) is 64.1 Å². The molecule has 1 heterocycles. The molecule has 1 amide bonds. The van der Waals surface area contributed by atoms with Crippen LogP contribution in [-0.2, 0) is 0 Å². The van der Waals surface area contributed by atoms with Gasteiger partial charge in [-0.2, -0.15) is 0 Å². The summed E-state index contributed by atoms with van der Waals surface area (Å²) < 4.78 is 5.50. The molecule has 0 saturated carbocycles. The molecular weight excluding hydrogens is 382 g/mol. The molecular formula is C15H12Cl4N2O2. The summed E-state index contributed by atoms with van der Waals surface area (Å²) in [6, 6.07) is 7.59. The van der Waals surface area contributed by atoms with Crippen LogP contribution < -0.4 is 10.1 Å². The molecule has 0 atom stereocenters. The van der Waals surface area contributed by atoms with Gasteiger partial charge in [0.15, 0.2) is 0 Å². The van der Waals surface area contributed by atoms with Crippen molar-refractivity contribution in [1.29, 1.82) is 0 Å². The van der Waals surface area contributed by atoms with Crippen LogP contribution in [0.2, 0.25) is 20.2 Å². The number of hydrogen-bond donors (Lipinski definition) is 1. The summed E-state index contributed by atoms with van der Waals surface area (Å²) in [4.78, 5) is 15.9. The number of rotatable bonds is 5. The van der Waals surface area contributed by atoms with Crippen molar-refractivity contribution in [3.8, 4) is 5.75 Å². The zero-order valence-corrected chi connectivity index (χ0v) is 15.0. The van der Waals surface area contributed by atoms with E-state index in [1.807, 2.05) is 31.2 Å². The summed E-state index contributed by atoms with van der Waals surface area (Å²) in [5.41, 5.74) is 1.06. The highest BCUT2D eigenvalue weighted by molar-refractivity contribution is 6.52. The summed E-state index contributed by atoms with van der Waals surface area (Å²) in [7, 11) is 0. The summed E-state index contributed by atoms with van der Waals surface area (Å²) in [6.45, 7) is 2.55. The molecule has 1 N–H and O–H groups in total. The molecule has 0 aliphatic rings. The van der Waals surface area contributed by atoms with Crippen molar-refractivity contribution in [2.75, 3.05) is 13.2 Å². The van der Waals surface area contributed by atoms with Crippen LogP contribution in [0.1, 0.15) is 16.1 Å². The predicted octanol–water partition coefficient (Wildman–Crippen LogP) is 4.81. The van der Waals surface area contributed by atoms with Crippen LogP contribution in [0.25, 0.3) is 0 Å². The Labute approximate surface area is 153 Å². The lowest BCUT2D eigenvalue weighted by Gasteiger charge is -2.10. The topological polar surface area (TPSA) is 51.2 Å². The van der Waals surface area contributed by atoms with E-state index < -0.39 is 5.91 Å². The average molecular weight is 394 g/mol. The van der Waals surface area contributed by atoms with E-state index in [0.717, 1.165) is 11.3 Å². The third kappa shape index (κ3) is 4.64. The van der Waals surface area contributed by atoms with Gasteiger partial charge in [0.05, 0.1) is 21.6 Å². The SMILES string of the molecule is Cc1ccc(OCCNC(=O)c2nc(Cl)c(Cl)c(Cl)c2Cl)cc1. The van der Waals surface area contributed by atoms with E-state index in [9.17, 15) is 4.79 Å². The number of carbonyl (C=O) groups excluding carboxylic acids is 1. The maximum absolute atomic E-state index is 12.1. The van der Waals surface area contributed by atoms with Gasteiger partial charge in [0.25, 0.3) is 5.91 Å². The molecule has 0 aliphatic carbocycles. The lowest BCUT2D eigenvalue weighted by Crippen LogP contribution is -2.29. The Balaban J connectivity index is 1.91. The van der Waals surface area contributed by atoms with Gasteiger partial charge in [0.1, 0.15) is 23.2 Å². The lowest BCUT2D eigenvalue weighted by molar-refractivity contribution is 0.0942. The number of nitrogens with one attached hydrogen (secondary N) is 1. The van der Waals surface area contributed by atoms with E-state index in [0.29, 0.717) is 6.61 Å². The van der Waals surface area contributed by atoms with Gasteiger partial charge in [-0.05, 0) is 19.1 Å². The molecule has 23 heavy (non-hydrogen) atoms. The smallest absolute Gasteiger partial charge is 0.271 e. The minimum atomic E-state index is -0.511. The standard InChI is InChI=1S/C15H12Cl4N2O2/c1-8-2-4-9(5-3-8)23-7-6-20-15(22)13-11(17)10(16)12(18)14(19)21-13/h2-5H,6-7H2,1H3,(H,20,22). The van der Waals surface area contributed by atoms with Crippen LogP contribution in [0, 0.1) is 6.92 Å². The number of aryl methyl sites for hydroxylation is 1. The van der Waals surface area contributed by atoms with Crippen LogP contribution in [0.3, 0.4) is 0 Å². The first-order valence-electron chi connectivity index (χ1n) is 6.57. The first-order chi connectivity index (χ1) is 10.9. The van der Waals surface area contributed by atoms with Gasteiger partial charge in [-0.25, -0.2) is 4.98 Å². The molecule has 8 heteroatoms. The monoisotopic (exact) mass is 392 g/mol. The number of aromatic nitrogens is 1. The number of benzene rings is 1. The van der Waals surface area contributed by atoms with Crippen LogP contribution in [0.4, 0.5) is 0 Å². The normalized spacial score (nSPS) is 10.5. The van der Waals surface area contributed by atoms with Crippen molar-refractivity contribution in [3.63, 3.8) is 0 Å². The molecule has 1 aromatic heterocycles. The molecule has 0 unspecified atom stereocenters. The second kappa shape index (κ2) is 8.06. The van der Waals surface area contributed by atoms with Crippen molar-refractivity contribution in [3.05, 3.63) is 55.7 Å². The average Bonchev–Trinajstić information content (AvgIpc) is 2.54. The number of pyridine rings is 1. The summed E-state index contributed by atoms with van der Waals surface area (Å²) in [5, 5.41) is 2.51. The highest BCUT2D eigenvalue weighted by Gasteiger charge is 2.19. The molecule has 0 aliphatic heterocycles. The summed E-state index contributed by atoms with van der Waals surface area (Å²) >= 11 is 23.5. The maximum Gasteiger partial charge on any atom is 0.271 e. The number of halogens is 4. The largest absolute Gasteiger partial charge is 0.492 e. The number of ether oxygens (including phenoxy) is 1. The predicted molar refractivity (Wildman–Crippen MR) is 93.3 cm³/mol. The Morgan fingerprint density at radius 3 is 2.39 bits per heavy atom. The van der Waals surface area contributed by atoms with Crippen molar-refractivity contribution >= 4 is 52.3 Å². The Bertz CT molecular complexity index is 720. The first-order valence-corrected chi connectivity index (χ1v) is 8.09. The van der Waals surface area contributed by atoms with Gasteiger partial charge in [0.2, 0.25) is 0 Å². The fourth-order valence-corrected chi connectivity index (χ4v) is 2.50. The van der Waals surface area contributed by atoms with E-state index in [1.165, 1.54) is 0 Å². The highest BCUT2D eigenvalue weighted by Crippen LogP contribution is 2.35. The van der Waals surface area contributed by atoms with Gasteiger partial charge in [-0.3, -0.25) is 4.79 Å². The van der Waals surface area contributed by atoms with E-state index in [4.69, 9.17) is 51.1 Å². The minimum Gasteiger partial charge on any atom is -0.492 e. The van der Waals surface area contributed by atoms with E-state index in [1.54, 1.807) is 0 Å². The first kappa shape index (κ1) is 18.1. The fraction of sp³-hybridized carbons (Fsp3) is 0.200. The Morgan fingerprint density at radius 2 is 1.74 bits per heavy atom.